The first-order valence-corrected chi connectivity index (χ1v) is 12.1. The van der Waals surface area contributed by atoms with Crippen molar-refractivity contribution < 1.29 is 28.6 Å². The molecule has 2 aromatic heterocycles. The molecule has 0 bridgehead atoms. The molecular weight excluding hydrogens is 464 g/mol. The maximum absolute atomic E-state index is 12.4. The molecule has 33 heavy (non-hydrogen) atoms. The predicted octanol–water partition coefficient (Wildman–Crippen LogP) is 4.34. The Morgan fingerprint density at radius 2 is 1.88 bits per heavy atom. The van der Waals surface area contributed by atoms with E-state index in [4.69, 9.17) is 14.2 Å². The van der Waals surface area contributed by atoms with E-state index >= 15 is 0 Å². The third-order valence-electron chi connectivity index (χ3n) is 5.04. The van der Waals surface area contributed by atoms with Crippen molar-refractivity contribution >= 4 is 45.5 Å². The predicted molar refractivity (Wildman–Crippen MR) is 125 cm³/mol. The third-order valence-corrected chi connectivity index (χ3v) is 7.14. The number of benzene rings is 1. The van der Waals surface area contributed by atoms with Gasteiger partial charge in [-0.2, -0.15) is 0 Å². The minimum Gasteiger partial charge on any atom is -0.497 e. The van der Waals surface area contributed by atoms with Crippen LogP contribution in [0.3, 0.4) is 0 Å². The number of amides is 1. The van der Waals surface area contributed by atoms with Crippen LogP contribution in [0.25, 0.3) is 10.6 Å². The molecule has 1 aliphatic rings. The highest BCUT2D eigenvalue weighted by Gasteiger charge is 2.28. The zero-order chi connectivity index (χ0) is 23.4. The molecule has 2 heterocycles. The number of aryl methyl sites for hydroxylation is 1. The Morgan fingerprint density at radius 1 is 1.09 bits per heavy atom. The molecule has 0 atom stereocenters. The molecule has 10 heteroatoms. The van der Waals surface area contributed by atoms with Crippen LogP contribution in [0.1, 0.15) is 44.6 Å². The first-order chi connectivity index (χ1) is 16.0. The number of aromatic nitrogens is 1. The van der Waals surface area contributed by atoms with Gasteiger partial charge in [-0.25, -0.2) is 14.6 Å². The number of hydrogen-bond donors (Lipinski definition) is 1. The largest absolute Gasteiger partial charge is 0.497 e. The number of thiazole rings is 1. The molecule has 0 fully saturated rings. The van der Waals surface area contributed by atoms with Crippen molar-refractivity contribution in [2.45, 2.75) is 26.2 Å². The van der Waals surface area contributed by atoms with Gasteiger partial charge >= 0.3 is 11.9 Å². The van der Waals surface area contributed by atoms with E-state index in [9.17, 15) is 14.4 Å². The SMILES string of the molecule is CCOC(=O)c1c(NC(=O)COC(=O)c2csc(-c3ccc(OC)cc3)n2)sc2c1CCC2. The van der Waals surface area contributed by atoms with Crippen molar-refractivity contribution in [2.75, 3.05) is 25.6 Å². The lowest BCUT2D eigenvalue weighted by molar-refractivity contribution is -0.119. The minimum absolute atomic E-state index is 0.126. The summed E-state index contributed by atoms with van der Waals surface area (Å²) < 4.78 is 15.4. The van der Waals surface area contributed by atoms with Crippen molar-refractivity contribution in [2.24, 2.45) is 0 Å². The van der Waals surface area contributed by atoms with Gasteiger partial charge in [0.05, 0.1) is 19.3 Å². The molecule has 3 aromatic rings. The molecule has 1 aliphatic carbocycles. The number of rotatable bonds is 8. The zero-order valence-electron chi connectivity index (χ0n) is 18.1. The molecule has 0 unspecified atom stereocenters. The number of nitrogens with one attached hydrogen (secondary N) is 1. The lowest BCUT2D eigenvalue weighted by atomic mass is 10.1. The highest BCUT2D eigenvalue weighted by atomic mass is 32.1. The van der Waals surface area contributed by atoms with Crippen LogP contribution in [-0.2, 0) is 27.1 Å². The number of thiophene rings is 1. The molecule has 0 spiro atoms. The quantitative estimate of drug-likeness (QED) is 0.472. The Morgan fingerprint density at radius 3 is 2.61 bits per heavy atom. The molecule has 0 saturated heterocycles. The molecular formula is C23H22N2O6S2. The van der Waals surface area contributed by atoms with Gasteiger partial charge in [-0.1, -0.05) is 0 Å². The molecule has 1 N–H and O–H groups in total. The number of hydrogen-bond acceptors (Lipinski definition) is 9. The monoisotopic (exact) mass is 486 g/mol. The summed E-state index contributed by atoms with van der Waals surface area (Å²) in [5.74, 6) is -0.944. The summed E-state index contributed by atoms with van der Waals surface area (Å²) in [6.45, 7) is 1.50. The van der Waals surface area contributed by atoms with E-state index in [1.165, 1.54) is 22.7 Å². The second kappa shape index (κ2) is 10.1. The average Bonchev–Trinajstić information content (AvgIpc) is 3.54. The second-order valence-electron chi connectivity index (χ2n) is 7.17. The number of anilines is 1. The van der Waals surface area contributed by atoms with Crippen molar-refractivity contribution in [1.29, 1.82) is 0 Å². The Balaban J connectivity index is 1.37. The fourth-order valence-electron chi connectivity index (χ4n) is 3.51. The number of ether oxygens (including phenoxy) is 3. The minimum atomic E-state index is -0.694. The number of carbonyl (C=O) groups is 3. The van der Waals surface area contributed by atoms with Gasteiger partial charge in [-0.15, -0.1) is 22.7 Å². The summed E-state index contributed by atoms with van der Waals surface area (Å²) in [7, 11) is 1.59. The Labute approximate surface area is 198 Å². The molecule has 1 aromatic carbocycles. The summed E-state index contributed by atoms with van der Waals surface area (Å²) in [5.41, 5.74) is 2.33. The third kappa shape index (κ3) is 5.07. The number of fused-ring (bicyclic) bond motifs is 1. The zero-order valence-corrected chi connectivity index (χ0v) is 19.8. The van der Waals surface area contributed by atoms with Crippen LogP contribution in [0.5, 0.6) is 5.75 Å². The second-order valence-corrected chi connectivity index (χ2v) is 9.14. The summed E-state index contributed by atoms with van der Waals surface area (Å²) >= 11 is 2.67. The number of nitrogens with zero attached hydrogens (tertiary/aromatic N) is 1. The average molecular weight is 487 g/mol. The van der Waals surface area contributed by atoms with Crippen LogP contribution in [0.2, 0.25) is 0 Å². The molecule has 0 radical (unpaired) electrons. The highest BCUT2D eigenvalue weighted by Crippen LogP contribution is 2.39. The number of esters is 2. The van der Waals surface area contributed by atoms with E-state index in [1.807, 2.05) is 24.3 Å². The standard InChI is InChI=1S/C23H22N2O6S2/c1-3-30-23(28)19-15-5-4-6-17(15)33-21(19)25-18(26)11-31-22(27)16-12-32-20(24-16)13-7-9-14(29-2)10-8-13/h7-10,12H,3-6,11H2,1-2H3,(H,25,26). The van der Waals surface area contributed by atoms with Crippen molar-refractivity contribution in [3.8, 4) is 16.3 Å². The van der Waals surface area contributed by atoms with E-state index in [2.05, 4.69) is 10.3 Å². The Hall–Kier alpha value is -3.24. The van der Waals surface area contributed by atoms with Gasteiger partial charge in [-0.3, -0.25) is 4.79 Å². The van der Waals surface area contributed by atoms with Gasteiger partial charge < -0.3 is 19.5 Å². The van der Waals surface area contributed by atoms with Gasteiger partial charge in [0.1, 0.15) is 15.8 Å². The molecule has 8 nitrogen and oxygen atoms in total. The van der Waals surface area contributed by atoms with Crippen LogP contribution in [0.4, 0.5) is 5.00 Å². The van der Waals surface area contributed by atoms with Crippen LogP contribution in [-0.4, -0.2) is 43.2 Å². The first kappa shape index (κ1) is 22.9. The van der Waals surface area contributed by atoms with Crippen LogP contribution >= 0.6 is 22.7 Å². The maximum Gasteiger partial charge on any atom is 0.358 e. The number of methoxy groups -OCH3 is 1. The Bertz CT molecular complexity index is 1180. The van der Waals surface area contributed by atoms with Crippen LogP contribution in [0, 0.1) is 0 Å². The fraction of sp³-hybridized carbons (Fsp3) is 0.304. The number of carbonyl (C=O) groups excluding carboxylic acids is 3. The molecule has 172 valence electrons. The first-order valence-electron chi connectivity index (χ1n) is 10.4. The van der Waals surface area contributed by atoms with E-state index in [1.54, 1.807) is 19.4 Å². The van der Waals surface area contributed by atoms with Gasteiger partial charge in [0.25, 0.3) is 5.91 Å². The fourth-order valence-corrected chi connectivity index (χ4v) is 5.60. The van der Waals surface area contributed by atoms with E-state index in [-0.39, 0.29) is 12.3 Å². The van der Waals surface area contributed by atoms with Crippen molar-refractivity contribution in [3.05, 3.63) is 51.3 Å². The summed E-state index contributed by atoms with van der Waals surface area (Å²) in [4.78, 5) is 42.6. The summed E-state index contributed by atoms with van der Waals surface area (Å²) in [5, 5.41) is 5.38. The van der Waals surface area contributed by atoms with Crippen molar-refractivity contribution in [1.82, 2.24) is 4.98 Å². The van der Waals surface area contributed by atoms with Gasteiger partial charge in [0, 0.05) is 15.8 Å². The van der Waals surface area contributed by atoms with E-state index in [0.29, 0.717) is 15.6 Å². The Kier molecular flexibility index (Phi) is 7.05. The van der Waals surface area contributed by atoms with E-state index < -0.39 is 24.5 Å². The lowest BCUT2D eigenvalue weighted by Gasteiger charge is -2.08. The van der Waals surface area contributed by atoms with Gasteiger partial charge in [0.2, 0.25) is 0 Å². The highest BCUT2D eigenvalue weighted by molar-refractivity contribution is 7.17. The smallest absolute Gasteiger partial charge is 0.358 e. The molecule has 0 aliphatic heterocycles. The normalized spacial score (nSPS) is 12.2. The topological polar surface area (TPSA) is 104 Å². The van der Waals surface area contributed by atoms with Crippen molar-refractivity contribution in [3.63, 3.8) is 0 Å². The van der Waals surface area contributed by atoms with Gasteiger partial charge in [-0.05, 0) is 56.0 Å². The molecule has 0 saturated carbocycles. The summed E-state index contributed by atoms with van der Waals surface area (Å²) in [6, 6.07) is 7.31. The lowest BCUT2D eigenvalue weighted by Crippen LogP contribution is -2.22. The van der Waals surface area contributed by atoms with Crippen LogP contribution < -0.4 is 10.1 Å². The van der Waals surface area contributed by atoms with Gasteiger partial charge in [0.15, 0.2) is 12.3 Å². The molecule has 1 amide bonds. The summed E-state index contributed by atoms with van der Waals surface area (Å²) in [6.07, 6.45) is 2.63. The van der Waals surface area contributed by atoms with Crippen LogP contribution in [0.15, 0.2) is 29.6 Å². The molecule has 4 rings (SSSR count). The maximum atomic E-state index is 12.4. The van der Waals surface area contributed by atoms with E-state index in [0.717, 1.165) is 41.0 Å².